The Balaban J connectivity index is 1.61. The summed E-state index contributed by atoms with van der Waals surface area (Å²) in [5, 5.41) is 17.6. The van der Waals surface area contributed by atoms with Crippen LogP contribution in [-0.4, -0.2) is 60.7 Å². The van der Waals surface area contributed by atoms with E-state index in [4.69, 9.17) is 9.84 Å². The molecular weight excluding hydrogens is 272 g/mol. The van der Waals surface area contributed by atoms with E-state index in [-0.39, 0.29) is 5.92 Å². The lowest BCUT2D eigenvalue weighted by molar-refractivity contribution is -0.142. The predicted octanol–water partition coefficient (Wildman–Crippen LogP) is 0.614. The number of anilines is 2. The fourth-order valence-corrected chi connectivity index (χ4v) is 2.80. The van der Waals surface area contributed by atoms with E-state index >= 15 is 0 Å². The number of rotatable bonds is 3. The number of morpholine rings is 1. The average molecular weight is 292 g/mol. The van der Waals surface area contributed by atoms with E-state index < -0.39 is 5.97 Å². The number of carbonyl (C=O) groups is 1. The maximum absolute atomic E-state index is 11.0. The molecule has 0 amide bonds. The maximum Gasteiger partial charge on any atom is 0.306 e. The number of ether oxygens (including phenoxy) is 1. The van der Waals surface area contributed by atoms with Crippen LogP contribution in [0.4, 0.5) is 11.6 Å². The lowest BCUT2D eigenvalue weighted by Gasteiger charge is -2.31. The van der Waals surface area contributed by atoms with Crippen molar-refractivity contribution in [1.82, 2.24) is 10.2 Å². The molecule has 3 rings (SSSR count). The van der Waals surface area contributed by atoms with Crippen molar-refractivity contribution in [1.29, 1.82) is 0 Å². The summed E-state index contributed by atoms with van der Waals surface area (Å²) in [6, 6.07) is 3.95. The van der Waals surface area contributed by atoms with Gasteiger partial charge in [-0.25, -0.2) is 0 Å². The first-order chi connectivity index (χ1) is 10.2. The van der Waals surface area contributed by atoms with Crippen LogP contribution in [0.25, 0.3) is 0 Å². The van der Waals surface area contributed by atoms with E-state index in [1.165, 1.54) is 0 Å². The Bertz CT molecular complexity index is 479. The number of carboxylic acids is 1. The van der Waals surface area contributed by atoms with Crippen molar-refractivity contribution < 1.29 is 14.6 Å². The Hall–Kier alpha value is -1.89. The summed E-state index contributed by atoms with van der Waals surface area (Å²) < 4.78 is 5.32. The van der Waals surface area contributed by atoms with Gasteiger partial charge in [-0.1, -0.05) is 0 Å². The molecule has 3 heterocycles. The first-order valence-corrected chi connectivity index (χ1v) is 7.38. The van der Waals surface area contributed by atoms with Gasteiger partial charge in [0.25, 0.3) is 0 Å². The number of hydrogen-bond acceptors (Lipinski definition) is 6. The molecule has 7 heteroatoms. The quantitative estimate of drug-likeness (QED) is 0.874. The molecule has 0 saturated carbocycles. The molecular formula is C14H20N4O3. The number of aliphatic carboxylic acids is 1. The Morgan fingerprint density at radius 3 is 2.05 bits per heavy atom. The zero-order valence-electron chi connectivity index (χ0n) is 11.9. The largest absolute Gasteiger partial charge is 0.481 e. The van der Waals surface area contributed by atoms with E-state index in [1.807, 2.05) is 12.1 Å². The van der Waals surface area contributed by atoms with Crippen LogP contribution < -0.4 is 9.80 Å². The van der Waals surface area contributed by atoms with Gasteiger partial charge >= 0.3 is 5.97 Å². The van der Waals surface area contributed by atoms with E-state index in [1.54, 1.807) is 0 Å². The zero-order valence-corrected chi connectivity index (χ0v) is 11.9. The summed E-state index contributed by atoms with van der Waals surface area (Å²) in [5.41, 5.74) is 0. The molecule has 0 aromatic carbocycles. The lowest BCUT2D eigenvalue weighted by Crippen LogP contribution is -2.38. The van der Waals surface area contributed by atoms with Gasteiger partial charge in [-0.2, -0.15) is 0 Å². The summed E-state index contributed by atoms with van der Waals surface area (Å²) >= 11 is 0. The molecule has 7 nitrogen and oxygen atoms in total. The molecule has 2 fully saturated rings. The van der Waals surface area contributed by atoms with Crippen molar-refractivity contribution in [3.63, 3.8) is 0 Å². The second-order valence-electron chi connectivity index (χ2n) is 5.45. The summed E-state index contributed by atoms with van der Waals surface area (Å²) in [6.07, 6.45) is 1.34. The van der Waals surface area contributed by atoms with Gasteiger partial charge < -0.3 is 19.6 Å². The van der Waals surface area contributed by atoms with E-state index in [0.717, 1.165) is 51.0 Å². The highest BCUT2D eigenvalue weighted by Crippen LogP contribution is 2.22. The van der Waals surface area contributed by atoms with Gasteiger partial charge in [0, 0.05) is 26.2 Å². The minimum atomic E-state index is -0.691. The molecule has 1 N–H and O–H groups in total. The maximum atomic E-state index is 11.0. The molecule has 2 saturated heterocycles. The molecule has 0 aliphatic carbocycles. The third-order valence-corrected chi connectivity index (χ3v) is 4.14. The van der Waals surface area contributed by atoms with E-state index in [9.17, 15) is 4.79 Å². The summed E-state index contributed by atoms with van der Waals surface area (Å²) in [6.45, 7) is 4.60. The fourth-order valence-electron chi connectivity index (χ4n) is 2.80. The first kappa shape index (κ1) is 14.1. The molecule has 1 aromatic rings. The first-order valence-electron chi connectivity index (χ1n) is 7.38. The van der Waals surface area contributed by atoms with Crippen LogP contribution >= 0.6 is 0 Å². The molecule has 2 aliphatic rings. The summed E-state index contributed by atoms with van der Waals surface area (Å²) in [7, 11) is 0. The monoisotopic (exact) mass is 292 g/mol. The Morgan fingerprint density at radius 1 is 1.05 bits per heavy atom. The van der Waals surface area contributed by atoms with Crippen LogP contribution in [0.5, 0.6) is 0 Å². The Kier molecular flexibility index (Phi) is 4.19. The highest BCUT2D eigenvalue weighted by atomic mass is 16.5. The second-order valence-corrected chi connectivity index (χ2v) is 5.45. The van der Waals surface area contributed by atoms with Crippen LogP contribution in [0.1, 0.15) is 12.8 Å². The van der Waals surface area contributed by atoms with Crippen molar-refractivity contribution in [3.8, 4) is 0 Å². The van der Waals surface area contributed by atoms with Crippen LogP contribution in [-0.2, 0) is 9.53 Å². The molecule has 0 bridgehead atoms. The number of aromatic nitrogens is 2. The zero-order chi connectivity index (χ0) is 14.7. The number of piperidine rings is 1. The highest BCUT2D eigenvalue weighted by molar-refractivity contribution is 5.70. The van der Waals surface area contributed by atoms with Crippen LogP contribution in [0.3, 0.4) is 0 Å². The van der Waals surface area contributed by atoms with Crippen LogP contribution in [0, 0.1) is 5.92 Å². The molecule has 0 atom stereocenters. The fraction of sp³-hybridized carbons (Fsp3) is 0.643. The minimum absolute atomic E-state index is 0.221. The standard InChI is InChI=1S/C14H20N4O3/c19-14(20)11-3-5-17(6-4-11)12-1-2-13(16-15-12)18-7-9-21-10-8-18/h1-2,11H,3-10H2,(H,19,20). The van der Waals surface area contributed by atoms with Gasteiger partial charge in [0.05, 0.1) is 19.1 Å². The third-order valence-electron chi connectivity index (χ3n) is 4.14. The summed E-state index contributed by atoms with van der Waals surface area (Å²) in [5.74, 6) is 0.795. The normalized spacial score (nSPS) is 20.6. The molecule has 114 valence electrons. The van der Waals surface area contributed by atoms with Gasteiger partial charge in [0.1, 0.15) is 0 Å². The molecule has 0 spiro atoms. The number of hydrogen-bond donors (Lipinski definition) is 1. The SMILES string of the molecule is O=C(O)C1CCN(c2ccc(N3CCOCC3)nn2)CC1. The molecule has 21 heavy (non-hydrogen) atoms. The lowest BCUT2D eigenvalue weighted by atomic mass is 9.97. The van der Waals surface area contributed by atoms with Crippen molar-refractivity contribution >= 4 is 17.6 Å². The Labute approximate surface area is 123 Å². The molecule has 0 unspecified atom stereocenters. The van der Waals surface area contributed by atoms with Crippen molar-refractivity contribution in [3.05, 3.63) is 12.1 Å². The number of nitrogens with zero attached hydrogens (tertiary/aromatic N) is 4. The Morgan fingerprint density at radius 2 is 1.57 bits per heavy atom. The van der Waals surface area contributed by atoms with Crippen molar-refractivity contribution in [2.24, 2.45) is 5.92 Å². The minimum Gasteiger partial charge on any atom is -0.481 e. The highest BCUT2D eigenvalue weighted by Gasteiger charge is 2.25. The number of carboxylic acid groups (broad SMARTS) is 1. The van der Waals surface area contributed by atoms with Gasteiger partial charge in [-0.15, -0.1) is 10.2 Å². The molecule has 0 radical (unpaired) electrons. The van der Waals surface area contributed by atoms with Crippen LogP contribution in [0.2, 0.25) is 0 Å². The smallest absolute Gasteiger partial charge is 0.306 e. The average Bonchev–Trinajstić information content (AvgIpc) is 2.56. The van der Waals surface area contributed by atoms with E-state index in [0.29, 0.717) is 12.8 Å². The topological polar surface area (TPSA) is 78.8 Å². The van der Waals surface area contributed by atoms with Crippen LogP contribution in [0.15, 0.2) is 12.1 Å². The predicted molar refractivity (Wildman–Crippen MR) is 77.6 cm³/mol. The van der Waals surface area contributed by atoms with Crippen molar-refractivity contribution in [2.75, 3.05) is 49.2 Å². The molecule has 2 aliphatic heterocycles. The summed E-state index contributed by atoms with van der Waals surface area (Å²) in [4.78, 5) is 15.2. The van der Waals surface area contributed by atoms with Gasteiger partial charge in [0.2, 0.25) is 0 Å². The third kappa shape index (κ3) is 3.24. The van der Waals surface area contributed by atoms with Crippen molar-refractivity contribution in [2.45, 2.75) is 12.8 Å². The van der Waals surface area contributed by atoms with Gasteiger partial charge in [-0.05, 0) is 25.0 Å². The molecule has 1 aromatic heterocycles. The van der Waals surface area contributed by atoms with Gasteiger partial charge in [-0.3, -0.25) is 4.79 Å². The van der Waals surface area contributed by atoms with E-state index in [2.05, 4.69) is 20.0 Å². The van der Waals surface area contributed by atoms with Gasteiger partial charge in [0.15, 0.2) is 11.6 Å². The second kappa shape index (κ2) is 6.26.